The molecule has 2 heterocycles. The van der Waals surface area contributed by atoms with Gasteiger partial charge in [-0.2, -0.15) is 0 Å². The monoisotopic (exact) mass is 305 g/mol. The molecule has 118 valence electrons. The lowest BCUT2D eigenvalue weighted by molar-refractivity contribution is -0.896. The maximum Gasteiger partial charge on any atom is 0.279 e. The maximum absolute atomic E-state index is 12.2. The van der Waals surface area contributed by atoms with Gasteiger partial charge in [0.25, 0.3) is 5.91 Å². The zero-order valence-corrected chi connectivity index (χ0v) is 12.7. The Hall–Kier alpha value is -2.08. The van der Waals surface area contributed by atoms with E-state index in [4.69, 9.17) is 9.47 Å². The molecule has 0 bridgehead atoms. The molecule has 0 aliphatic carbocycles. The first-order valence-electron chi connectivity index (χ1n) is 7.71. The standard InChI is InChI=1S/C16H20N2O4/c1-11(19)12-7-14-15(22-10-21-14)8-13(12)17-16(20)9-18-5-3-2-4-6-18/h7-8H,2-6,9-10H2,1H3,(H,17,20)/p+1. The lowest BCUT2D eigenvalue weighted by atomic mass is 10.1. The molecule has 0 radical (unpaired) electrons. The second-order valence-electron chi connectivity index (χ2n) is 5.84. The minimum atomic E-state index is -0.112. The minimum Gasteiger partial charge on any atom is -0.454 e. The van der Waals surface area contributed by atoms with Crippen molar-refractivity contribution in [2.45, 2.75) is 26.2 Å². The van der Waals surface area contributed by atoms with Crippen molar-refractivity contribution in [3.63, 3.8) is 0 Å². The number of fused-ring (bicyclic) bond motifs is 1. The molecule has 0 aromatic heterocycles. The van der Waals surface area contributed by atoms with Gasteiger partial charge in [-0.15, -0.1) is 0 Å². The van der Waals surface area contributed by atoms with Crippen molar-refractivity contribution in [1.82, 2.24) is 0 Å². The molecule has 0 atom stereocenters. The number of nitrogens with one attached hydrogen (secondary N) is 2. The molecule has 2 aliphatic heterocycles. The average Bonchev–Trinajstić information content (AvgIpc) is 2.94. The molecule has 1 aromatic rings. The first-order valence-corrected chi connectivity index (χ1v) is 7.71. The summed E-state index contributed by atoms with van der Waals surface area (Å²) >= 11 is 0. The van der Waals surface area contributed by atoms with Gasteiger partial charge in [0, 0.05) is 11.6 Å². The molecule has 6 heteroatoms. The molecule has 0 spiro atoms. The molecule has 1 fully saturated rings. The number of amides is 1. The quantitative estimate of drug-likeness (QED) is 0.801. The van der Waals surface area contributed by atoms with Gasteiger partial charge in [0.2, 0.25) is 6.79 Å². The van der Waals surface area contributed by atoms with Crippen molar-refractivity contribution in [3.8, 4) is 11.5 Å². The topological polar surface area (TPSA) is 69.1 Å². The lowest BCUT2D eigenvalue weighted by Crippen LogP contribution is -3.13. The summed E-state index contributed by atoms with van der Waals surface area (Å²) in [4.78, 5) is 25.3. The molecular weight excluding hydrogens is 284 g/mol. The fraction of sp³-hybridized carbons (Fsp3) is 0.500. The number of piperidine rings is 1. The largest absolute Gasteiger partial charge is 0.454 e. The molecule has 1 amide bonds. The highest BCUT2D eigenvalue weighted by Gasteiger charge is 2.22. The van der Waals surface area contributed by atoms with Gasteiger partial charge in [0.05, 0.1) is 18.8 Å². The fourth-order valence-corrected chi connectivity index (χ4v) is 2.99. The van der Waals surface area contributed by atoms with Crippen molar-refractivity contribution in [2.75, 3.05) is 31.7 Å². The van der Waals surface area contributed by atoms with Crippen molar-refractivity contribution in [3.05, 3.63) is 17.7 Å². The van der Waals surface area contributed by atoms with Gasteiger partial charge in [-0.05, 0) is 32.3 Å². The van der Waals surface area contributed by atoms with Gasteiger partial charge in [-0.25, -0.2) is 0 Å². The first-order chi connectivity index (χ1) is 10.6. The molecule has 22 heavy (non-hydrogen) atoms. The molecular formula is C16H21N2O4+. The van der Waals surface area contributed by atoms with E-state index >= 15 is 0 Å². The zero-order valence-electron chi connectivity index (χ0n) is 12.7. The van der Waals surface area contributed by atoms with E-state index in [2.05, 4.69) is 5.32 Å². The predicted octanol–water partition coefficient (Wildman–Crippen LogP) is 0.625. The number of benzene rings is 1. The van der Waals surface area contributed by atoms with Crippen molar-refractivity contribution < 1.29 is 24.0 Å². The van der Waals surface area contributed by atoms with E-state index in [1.54, 1.807) is 12.1 Å². The number of carbonyl (C=O) groups is 2. The third-order valence-electron chi connectivity index (χ3n) is 4.14. The molecule has 0 unspecified atom stereocenters. The van der Waals surface area contributed by atoms with Gasteiger partial charge < -0.3 is 19.7 Å². The number of ether oxygens (including phenoxy) is 2. The summed E-state index contributed by atoms with van der Waals surface area (Å²) in [6.45, 7) is 4.12. The average molecular weight is 305 g/mol. The number of likely N-dealkylation sites (tertiary alicyclic amines) is 1. The number of ketones is 1. The first kappa shape index (κ1) is 14.8. The van der Waals surface area contributed by atoms with Crippen LogP contribution in [0.1, 0.15) is 36.5 Å². The summed E-state index contributed by atoms with van der Waals surface area (Å²) in [5.41, 5.74) is 0.949. The van der Waals surface area contributed by atoms with Crippen LogP contribution in [0.5, 0.6) is 11.5 Å². The molecule has 3 rings (SSSR count). The molecule has 2 aliphatic rings. The molecule has 0 saturated carbocycles. The summed E-state index contributed by atoms with van der Waals surface area (Å²) in [5.74, 6) is 0.924. The number of rotatable bonds is 4. The van der Waals surface area contributed by atoms with Crippen LogP contribution in [0.2, 0.25) is 0 Å². The van der Waals surface area contributed by atoms with E-state index in [-0.39, 0.29) is 18.5 Å². The van der Waals surface area contributed by atoms with Crippen LogP contribution in [-0.4, -0.2) is 38.1 Å². The van der Waals surface area contributed by atoms with Gasteiger partial charge in [-0.3, -0.25) is 9.59 Å². The fourth-order valence-electron chi connectivity index (χ4n) is 2.99. The Morgan fingerprint density at radius 1 is 1.14 bits per heavy atom. The lowest BCUT2D eigenvalue weighted by Gasteiger charge is -2.23. The maximum atomic E-state index is 12.2. The van der Waals surface area contributed by atoms with Gasteiger partial charge >= 0.3 is 0 Å². The molecule has 1 saturated heterocycles. The van der Waals surface area contributed by atoms with Gasteiger partial charge in [0.1, 0.15) is 0 Å². The normalized spacial score (nSPS) is 17.3. The van der Waals surface area contributed by atoms with Crippen LogP contribution in [0.3, 0.4) is 0 Å². The Kier molecular flexibility index (Phi) is 4.29. The Labute approximate surface area is 129 Å². The highest BCUT2D eigenvalue weighted by atomic mass is 16.7. The third kappa shape index (κ3) is 3.22. The number of anilines is 1. The smallest absolute Gasteiger partial charge is 0.279 e. The van der Waals surface area contributed by atoms with Crippen molar-refractivity contribution in [1.29, 1.82) is 0 Å². The number of carbonyl (C=O) groups excluding carboxylic acids is 2. The van der Waals surface area contributed by atoms with E-state index in [0.29, 0.717) is 29.3 Å². The van der Waals surface area contributed by atoms with Crippen LogP contribution in [0.25, 0.3) is 0 Å². The van der Waals surface area contributed by atoms with E-state index < -0.39 is 0 Å². The SMILES string of the molecule is CC(=O)c1cc2c(cc1NC(=O)C[NH+]1CCCCC1)OCO2. The number of hydrogen-bond donors (Lipinski definition) is 2. The minimum absolute atomic E-state index is 0.0711. The number of Topliss-reactive ketones (excluding diaryl/α,β-unsaturated/α-hetero) is 1. The Morgan fingerprint density at radius 3 is 2.50 bits per heavy atom. The van der Waals surface area contributed by atoms with Gasteiger partial charge in [0.15, 0.2) is 23.8 Å². The van der Waals surface area contributed by atoms with E-state index in [0.717, 1.165) is 13.1 Å². The van der Waals surface area contributed by atoms with Crippen LogP contribution in [0.4, 0.5) is 5.69 Å². The molecule has 1 aromatic carbocycles. The van der Waals surface area contributed by atoms with Crippen LogP contribution in [0, 0.1) is 0 Å². The zero-order chi connectivity index (χ0) is 15.5. The summed E-state index contributed by atoms with van der Waals surface area (Å²) in [7, 11) is 0. The highest BCUT2D eigenvalue weighted by Crippen LogP contribution is 2.37. The summed E-state index contributed by atoms with van der Waals surface area (Å²) in [5, 5.41) is 2.85. The second kappa shape index (κ2) is 6.36. The van der Waals surface area contributed by atoms with Gasteiger partial charge in [-0.1, -0.05) is 0 Å². The predicted molar refractivity (Wildman–Crippen MR) is 80.6 cm³/mol. The second-order valence-corrected chi connectivity index (χ2v) is 5.84. The molecule has 2 N–H and O–H groups in total. The Morgan fingerprint density at radius 2 is 1.82 bits per heavy atom. The van der Waals surface area contributed by atoms with Crippen molar-refractivity contribution in [2.24, 2.45) is 0 Å². The Bertz CT molecular complexity index is 594. The number of hydrogen-bond acceptors (Lipinski definition) is 4. The van der Waals surface area contributed by atoms with Crippen LogP contribution >= 0.6 is 0 Å². The molecule has 6 nitrogen and oxygen atoms in total. The van der Waals surface area contributed by atoms with E-state index in [9.17, 15) is 9.59 Å². The van der Waals surface area contributed by atoms with Crippen LogP contribution in [0.15, 0.2) is 12.1 Å². The summed E-state index contributed by atoms with van der Waals surface area (Å²) < 4.78 is 10.6. The van der Waals surface area contributed by atoms with Crippen LogP contribution in [-0.2, 0) is 4.79 Å². The number of quaternary nitrogens is 1. The van der Waals surface area contributed by atoms with Crippen molar-refractivity contribution >= 4 is 17.4 Å². The Balaban J connectivity index is 1.73. The van der Waals surface area contributed by atoms with E-state index in [1.807, 2.05) is 0 Å². The summed E-state index contributed by atoms with van der Waals surface area (Å²) in [6.07, 6.45) is 3.60. The third-order valence-corrected chi connectivity index (χ3v) is 4.14. The van der Waals surface area contributed by atoms with E-state index in [1.165, 1.54) is 31.1 Å². The van der Waals surface area contributed by atoms with Crippen LogP contribution < -0.4 is 19.7 Å². The summed E-state index contributed by atoms with van der Waals surface area (Å²) in [6, 6.07) is 3.30. The highest BCUT2D eigenvalue weighted by molar-refractivity contribution is 6.04.